The molecule has 110 valence electrons. The zero-order valence-corrected chi connectivity index (χ0v) is 11.8. The summed E-state index contributed by atoms with van der Waals surface area (Å²) < 4.78 is 19.4. The van der Waals surface area contributed by atoms with E-state index in [1.807, 2.05) is 6.07 Å². The smallest absolute Gasteiger partial charge is 0.250 e. The molecule has 0 aromatic heterocycles. The predicted molar refractivity (Wildman–Crippen MR) is 80.4 cm³/mol. The van der Waals surface area contributed by atoms with Crippen LogP contribution in [0, 0.1) is 5.82 Å². The number of carbonyl (C=O) groups excluding carboxylic acids is 1. The number of hydrogen-bond donors (Lipinski definition) is 2. The molecule has 2 rings (SSSR count). The molecule has 0 fully saturated rings. The van der Waals surface area contributed by atoms with Crippen molar-refractivity contribution in [1.29, 1.82) is 0 Å². The molecular weight excluding hydrogens is 273 g/mol. The molecule has 2 aromatic rings. The highest BCUT2D eigenvalue weighted by Crippen LogP contribution is 2.35. The Hall–Kier alpha value is -2.76. The van der Waals surface area contributed by atoms with Gasteiger partial charge in [-0.3, -0.25) is 4.79 Å². The highest BCUT2D eigenvalue weighted by atomic mass is 19.1. The van der Waals surface area contributed by atoms with Gasteiger partial charge in [0.15, 0.2) is 0 Å². The molecule has 21 heavy (non-hydrogen) atoms. The number of nitrogens with zero attached hydrogens (tertiary/aromatic N) is 1. The molecule has 0 saturated heterocycles. The SMILES string of the molecule is COc1ccccc1N(C)c1cc(C(N)=O)c(N)cc1F. The Bertz CT molecular complexity index is 689. The van der Waals surface area contributed by atoms with Gasteiger partial charge in [0.2, 0.25) is 0 Å². The van der Waals surface area contributed by atoms with Gasteiger partial charge in [-0.2, -0.15) is 0 Å². The average molecular weight is 289 g/mol. The van der Waals surface area contributed by atoms with Crippen molar-refractivity contribution in [3.05, 3.63) is 47.8 Å². The van der Waals surface area contributed by atoms with E-state index < -0.39 is 11.7 Å². The zero-order valence-electron chi connectivity index (χ0n) is 11.8. The minimum atomic E-state index is -0.706. The van der Waals surface area contributed by atoms with Gasteiger partial charge in [-0.05, 0) is 24.3 Å². The number of benzene rings is 2. The van der Waals surface area contributed by atoms with Crippen molar-refractivity contribution in [2.45, 2.75) is 0 Å². The molecule has 0 atom stereocenters. The Labute approximate surface area is 121 Å². The van der Waals surface area contributed by atoms with Crippen LogP contribution >= 0.6 is 0 Å². The Morgan fingerprint density at radius 2 is 1.90 bits per heavy atom. The molecule has 0 aliphatic heterocycles. The first kappa shape index (κ1) is 14.6. The number of hydrogen-bond acceptors (Lipinski definition) is 4. The van der Waals surface area contributed by atoms with Crippen LogP contribution in [-0.4, -0.2) is 20.1 Å². The summed E-state index contributed by atoms with van der Waals surface area (Å²) in [5.74, 6) is -0.676. The number of primary amides is 1. The first-order valence-corrected chi connectivity index (χ1v) is 6.21. The number of amides is 1. The van der Waals surface area contributed by atoms with Crippen molar-refractivity contribution in [2.24, 2.45) is 5.73 Å². The second kappa shape index (κ2) is 5.70. The van der Waals surface area contributed by atoms with Crippen LogP contribution in [-0.2, 0) is 0 Å². The number of para-hydroxylation sites is 2. The summed E-state index contributed by atoms with van der Waals surface area (Å²) in [4.78, 5) is 12.9. The maximum absolute atomic E-state index is 14.2. The fraction of sp³-hybridized carbons (Fsp3) is 0.133. The van der Waals surface area contributed by atoms with E-state index in [1.165, 1.54) is 13.2 Å². The van der Waals surface area contributed by atoms with Gasteiger partial charge in [0, 0.05) is 12.7 Å². The van der Waals surface area contributed by atoms with E-state index in [9.17, 15) is 9.18 Å². The van der Waals surface area contributed by atoms with Crippen molar-refractivity contribution in [1.82, 2.24) is 0 Å². The van der Waals surface area contributed by atoms with E-state index >= 15 is 0 Å². The third kappa shape index (κ3) is 2.74. The maximum atomic E-state index is 14.2. The summed E-state index contributed by atoms with van der Waals surface area (Å²) in [7, 11) is 3.19. The Morgan fingerprint density at radius 3 is 2.52 bits per heavy atom. The van der Waals surface area contributed by atoms with E-state index in [0.29, 0.717) is 11.4 Å². The van der Waals surface area contributed by atoms with Gasteiger partial charge in [0.25, 0.3) is 5.91 Å². The van der Waals surface area contributed by atoms with E-state index in [2.05, 4.69) is 0 Å². The fourth-order valence-electron chi connectivity index (χ4n) is 2.08. The topological polar surface area (TPSA) is 81.6 Å². The van der Waals surface area contributed by atoms with Crippen molar-refractivity contribution in [2.75, 3.05) is 24.8 Å². The van der Waals surface area contributed by atoms with E-state index in [0.717, 1.165) is 6.07 Å². The van der Waals surface area contributed by atoms with Crippen LogP contribution in [0.15, 0.2) is 36.4 Å². The van der Waals surface area contributed by atoms with Gasteiger partial charge in [-0.1, -0.05) is 12.1 Å². The highest BCUT2D eigenvalue weighted by molar-refractivity contribution is 5.99. The molecule has 0 aliphatic rings. The van der Waals surface area contributed by atoms with Crippen LogP contribution < -0.4 is 21.1 Å². The number of halogens is 1. The van der Waals surface area contributed by atoms with Gasteiger partial charge in [0.1, 0.15) is 11.6 Å². The Kier molecular flexibility index (Phi) is 3.98. The lowest BCUT2D eigenvalue weighted by Crippen LogP contribution is -2.17. The lowest BCUT2D eigenvalue weighted by atomic mass is 10.1. The molecule has 4 N–H and O–H groups in total. The van der Waals surface area contributed by atoms with Crippen LogP contribution in [0.25, 0.3) is 0 Å². The second-order valence-corrected chi connectivity index (χ2v) is 4.49. The van der Waals surface area contributed by atoms with Gasteiger partial charge in [-0.25, -0.2) is 4.39 Å². The standard InChI is InChI=1S/C15H16FN3O2/c1-19(12-5-3-4-6-14(12)21-2)13-7-9(15(18)20)11(17)8-10(13)16/h3-8H,17H2,1-2H3,(H2,18,20). The minimum absolute atomic E-state index is 0.0113. The number of methoxy groups -OCH3 is 1. The van der Waals surface area contributed by atoms with Gasteiger partial charge in [0.05, 0.1) is 24.0 Å². The second-order valence-electron chi connectivity index (χ2n) is 4.49. The molecule has 0 unspecified atom stereocenters. The molecule has 0 heterocycles. The van der Waals surface area contributed by atoms with Crippen LogP contribution in [0.4, 0.5) is 21.5 Å². The summed E-state index contributed by atoms with van der Waals surface area (Å²) in [5, 5.41) is 0. The summed E-state index contributed by atoms with van der Waals surface area (Å²) in [6, 6.07) is 9.57. The molecule has 0 bridgehead atoms. The third-order valence-corrected chi connectivity index (χ3v) is 3.19. The maximum Gasteiger partial charge on any atom is 0.250 e. The normalized spacial score (nSPS) is 10.2. The van der Waals surface area contributed by atoms with Crippen LogP contribution in [0.1, 0.15) is 10.4 Å². The summed E-state index contributed by atoms with van der Waals surface area (Å²) in [5.41, 5.74) is 11.8. The summed E-state index contributed by atoms with van der Waals surface area (Å²) in [6.07, 6.45) is 0. The molecule has 6 heteroatoms. The molecule has 0 aliphatic carbocycles. The van der Waals surface area contributed by atoms with E-state index in [4.69, 9.17) is 16.2 Å². The number of ether oxygens (including phenoxy) is 1. The highest BCUT2D eigenvalue weighted by Gasteiger charge is 2.17. The van der Waals surface area contributed by atoms with Crippen molar-refractivity contribution in [3.63, 3.8) is 0 Å². The van der Waals surface area contributed by atoms with Gasteiger partial charge < -0.3 is 21.1 Å². The predicted octanol–water partition coefficient (Wildman–Crippen LogP) is 2.28. The number of nitrogens with two attached hydrogens (primary N) is 2. The lowest BCUT2D eigenvalue weighted by Gasteiger charge is -2.23. The largest absolute Gasteiger partial charge is 0.495 e. The van der Waals surface area contributed by atoms with E-state index in [-0.39, 0.29) is 16.9 Å². The first-order chi connectivity index (χ1) is 9.95. The van der Waals surface area contributed by atoms with Crippen molar-refractivity contribution in [3.8, 4) is 5.75 Å². The number of carbonyl (C=O) groups is 1. The molecule has 1 amide bonds. The number of nitrogen functional groups attached to an aromatic ring is 1. The quantitative estimate of drug-likeness (QED) is 0.846. The number of anilines is 3. The zero-order chi connectivity index (χ0) is 15.6. The van der Waals surface area contributed by atoms with Crippen LogP contribution in [0.5, 0.6) is 5.75 Å². The molecule has 5 nitrogen and oxygen atoms in total. The molecule has 0 spiro atoms. The van der Waals surface area contributed by atoms with Gasteiger partial charge >= 0.3 is 0 Å². The average Bonchev–Trinajstić information content (AvgIpc) is 2.46. The van der Waals surface area contributed by atoms with Crippen LogP contribution in [0.2, 0.25) is 0 Å². The summed E-state index contributed by atoms with van der Waals surface area (Å²) in [6.45, 7) is 0. The molecule has 0 radical (unpaired) electrons. The Morgan fingerprint density at radius 1 is 1.24 bits per heavy atom. The third-order valence-electron chi connectivity index (χ3n) is 3.19. The molecule has 0 saturated carbocycles. The fourth-order valence-corrected chi connectivity index (χ4v) is 2.08. The monoisotopic (exact) mass is 289 g/mol. The molecular formula is C15H16FN3O2. The van der Waals surface area contributed by atoms with E-state index in [1.54, 1.807) is 30.1 Å². The molecule has 2 aromatic carbocycles. The minimum Gasteiger partial charge on any atom is -0.495 e. The van der Waals surface area contributed by atoms with Crippen molar-refractivity contribution >= 4 is 23.0 Å². The Balaban J connectivity index is 2.55. The lowest BCUT2D eigenvalue weighted by molar-refractivity contribution is 0.100. The first-order valence-electron chi connectivity index (χ1n) is 6.21. The summed E-state index contributed by atoms with van der Waals surface area (Å²) >= 11 is 0. The number of rotatable bonds is 4. The van der Waals surface area contributed by atoms with Crippen LogP contribution in [0.3, 0.4) is 0 Å². The van der Waals surface area contributed by atoms with Gasteiger partial charge in [-0.15, -0.1) is 0 Å². The van der Waals surface area contributed by atoms with Crippen molar-refractivity contribution < 1.29 is 13.9 Å².